The van der Waals surface area contributed by atoms with E-state index >= 15 is 0 Å². The molecule has 0 atom stereocenters. The summed E-state index contributed by atoms with van der Waals surface area (Å²) in [6.45, 7) is 6.16. The Morgan fingerprint density at radius 1 is 1.10 bits per heavy atom. The van der Waals surface area contributed by atoms with Gasteiger partial charge in [-0.05, 0) is 30.7 Å². The van der Waals surface area contributed by atoms with Gasteiger partial charge in [-0.25, -0.2) is 9.18 Å². The van der Waals surface area contributed by atoms with Gasteiger partial charge in [0.1, 0.15) is 5.82 Å². The highest BCUT2D eigenvalue weighted by atomic mass is 19.4. The SMILES string of the molecule is CCCCN(CCC(=O)N1CCNCC1)C(=O)c1ccc(F)cc1.O=C(O)C(F)(F)F. The number of amides is 2. The van der Waals surface area contributed by atoms with Crippen LogP contribution in [0.5, 0.6) is 0 Å². The minimum absolute atomic E-state index is 0.0879. The summed E-state index contributed by atoms with van der Waals surface area (Å²) < 4.78 is 44.8. The summed E-state index contributed by atoms with van der Waals surface area (Å²) in [4.78, 5) is 37.4. The van der Waals surface area contributed by atoms with E-state index in [9.17, 15) is 27.2 Å². The van der Waals surface area contributed by atoms with Gasteiger partial charge < -0.3 is 20.2 Å². The van der Waals surface area contributed by atoms with Crippen molar-refractivity contribution in [3.05, 3.63) is 35.6 Å². The first kappa shape index (κ1) is 26.3. The van der Waals surface area contributed by atoms with Gasteiger partial charge in [-0.1, -0.05) is 13.3 Å². The van der Waals surface area contributed by atoms with Crippen LogP contribution in [0.4, 0.5) is 17.6 Å². The van der Waals surface area contributed by atoms with Gasteiger partial charge in [0.15, 0.2) is 0 Å². The molecule has 7 nitrogen and oxygen atoms in total. The molecule has 1 aromatic carbocycles. The first-order valence-electron chi connectivity index (χ1n) is 9.89. The van der Waals surface area contributed by atoms with E-state index in [1.807, 2.05) is 4.90 Å². The summed E-state index contributed by atoms with van der Waals surface area (Å²) >= 11 is 0. The normalized spacial score (nSPS) is 13.8. The molecule has 1 aromatic rings. The number of rotatable bonds is 7. The molecule has 1 fully saturated rings. The van der Waals surface area contributed by atoms with Crippen molar-refractivity contribution in [2.45, 2.75) is 32.4 Å². The molecular formula is C20H27F4N3O4. The summed E-state index contributed by atoms with van der Waals surface area (Å²) in [5, 5.41) is 10.3. The van der Waals surface area contributed by atoms with Crippen LogP contribution >= 0.6 is 0 Å². The van der Waals surface area contributed by atoms with Gasteiger partial charge in [-0.15, -0.1) is 0 Å². The molecule has 0 aliphatic carbocycles. The minimum atomic E-state index is -5.08. The molecule has 0 saturated carbocycles. The molecule has 1 heterocycles. The van der Waals surface area contributed by atoms with Gasteiger partial charge >= 0.3 is 12.1 Å². The summed E-state index contributed by atoms with van der Waals surface area (Å²) in [6.07, 6.45) is -2.90. The topological polar surface area (TPSA) is 90.0 Å². The quantitative estimate of drug-likeness (QED) is 0.625. The first-order chi connectivity index (χ1) is 14.6. The van der Waals surface area contributed by atoms with Crippen LogP contribution in [0.1, 0.15) is 36.5 Å². The van der Waals surface area contributed by atoms with Crippen molar-refractivity contribution in [2.75, 3.05) is 39.3 Å². The highest BCUT2D eigenvalue weighted by molar-refractivity contribution is 5.94. The molecule has 0 aromatic heterocycles. The van der Waals surface area contributed by atoms with Crippen molar-refractivity contribution in [2.24, 2.45) is 0 Å². The van der Waals surface area contributed by atoms with E-state index in [1.165, 1.54) is 24.3 Å². The molecule has 1 aliphatic rings. The van der Waals surface area contributed by atoms with E-state index in [0.717, 1.165) is 39.0 Å². The van der Waals surface area contributed by atoms with Crippen molar-refractivity contribution in [1.82, 2.24) is 15.1 Å². The van der Waals surface area contributed by atoms with Crippen LogP contribution in [0.25, 0.3) is 0 Å². The van der Waals surface area contributed by atoms with Gasteiger partial charge in [-0.3, -0.25) is 9.59 Å². The number of nitrogens with one attached hydrogen (secondary N) is 1. The van der Waals surface area contributed by atoms with Gasteiger partial charge in [0.05, 0.1) is 0 Å². The molecule has 31 heavy (non-hydrogen) atoms. The molecule has 0 bridgehead atoms. The number of benzene rings is 1. The molecule has 1 aliphatic heterocycles. The lowest BCUT2D eigenvalue weighted by Crippen LogP contribution is -2.47. The summed E-state index contributed by atoms with van der Waals surface area (Å²) in [6, 6.07) is 5.57. The second-order valence-corrected chi connectivity index (χ2v) is 6.84. The molecular weight excluding hydrogens is 422 g/mol. The largest absolute Gasteiger partial charge is 0.490 e. The van der Waals surface area contributed by atoms with E-state index in [-0.39, 0.29) is 17.6 Å². The standard InChI is InChI=1S/C18H26FN3O2.C2HF3O2/c1-2-3-11-22(18(24)15-4-6-16(19)7-5-15)12-8-17(23)21-13-9-20-10-14-21;3-2(4,5)1(6)7/h4-7,20H,2-3,8-14H2,1H3;(H,6,7). The lowest BCUT2D eigenvalue weighted by Gasteiger charge is -2.29. The predicted octanol–water partition coefficient (Wildman–Crippen LogP) is 2.52. The average Bonchev–Trinajstić information content (AvgIpc) is 2.74. The predicted molar refractivity (Wildman–Crippen MR) is 105 cm³/mol. The highest BCUT2D eigenvalue weighted by Gasteiger charge is 2.38. The molecule has 2 amide bonds. The zero-order valence-electron chi connectivity index (χ0n) is 17.3. The fraction of sp³-hybridized carbons (Fsp3) is 0.550. The van der Waals surface area contributed by atoms with E-state index in [4.69, 9.17) is 9.90 Å². The smallest absolute Gasteiger partial charge is 0.475 e. The number of carboxylic acids is 1. The van der Waals surface area contributed by atoms with Crippen molar-refractivity contribution >= 4 is 17.8 Å². The number of nitrogens with zero attached hydrogens (tertiary/aromatic N) is 2. The maximum atomic E-state index is 13.0. The Labute approximate surface area is 178 Å². The molecule has 11 heteroatoms. The van der Waals surface area contributed by atoms with Crippen LogP contribution in [0, 0.1) is 5.82 Å². The zero-order valence-corrected chi connectivity index (χ0v) is 17.3. The number of carbonyl (C=O) groups excluding carboxylic acids is 2. The van der Waals surface area contributed by atoms with Crippen molar-refractivity contribution in [3.63, 3.8) is 0 Å². The second kappa shape index (κ2) is 12.9. The number of carboxylic acid groups (broad SMARTS) is 1. The molecule has 1 saturated heterocycles. The molecule has 0 unspecified atom stereocenters. The number of unbranched alkanes of at least 4 members (excludes halogenated alkanes) is 1. The van der Waals surface area contributed by atoms with Gasteiger partial charge in [0, 0.05) is 51.3 Å². The third-order valence-electron chi connectivity index (χ3n) is 4.47. The summed E-state index contributed by atoms with van der Waals surface area (Å²) in [5.41, 5.74) is 0.460. The van der Waals surface area contributed by atoms with Gasteiger partial charge in [-0.2, -0.15) is 13.2 Å². The average molecular weight is 449 g/mol. The Balaban J connectivity index is 0.000000592. The number of alkyl halides is 3. The van der Waals surface area contributed by atoms with Crippen molar-refractivity contribution in [1.29, 1.82) is 0 Å². The summed E-state index contributed by atoms with van der Waals surface area (Å²) in [5.74, 6) is -3.17. The fourth-order valence-electron chi connectivity index (χ4n) is 2.74. The van der Waals surface area contributed by atoms with E-state index in [2.05, 4.69) is 12.2 Å². The number of carbonyl (C=O) groups is 3. The number of hydrogen-bond acceptors (Lipinski definition) is 4. The van der Waals surface area contributed by atoms with Crippen LogP contribution in [0.3, 0.4) is 0 Å². The number of halogens is 4. The van der Waals surface area contributed by atoms with Crippen LogP contribution in [-0.2, 0) is 9.59 Å². The molecule has 174 valence electrons. The Morgan fingerprint density at radius 2 is 1.65 bits per heavy atom. The Bertz CT molecular complexity index is 720. The Morgan fingerprint density at radius 3 is 2.13 bits per heavy atom. The fourth-order valence-corrected chi connectivity index (χ4v) is 2.74. The highest BCUT2D eigenvalue weighted by Crippen LogP contribution is 2.13. The second-order valence-electron chi connectivity index (χ2n) is 6.84. The number of aliphatic carboxylic acids is 1. The number of piperazine rings is 1. The molecule has 0 radical (unpaired) electrons. The van der Waals surface area contributed by atoms with E-state index in [0.29, 0.717) is 25.1 Å². The molecule has 2 rings (SSSR count). The lowest BCUT2D eigenvalue weighted by atomic mass is 10.1. The maximum absolute atomic E-state index is 13.0. The van der Waals surface area contributed by atoms with Crippen LogP contribution in [0.2, 0.25) is 0 Å². The number of hydrogen-bond donors (Lipinski definition) is 2. The van der Waals surface area contributed by atoms with Gasteiger partial charge in [0.25, 0.3) is 5.91 Å². The van der Waals surface area contributed by atoms with Gasteiger partial charge in [0.2, 0.25) is 5.91 Å². The Hall–Kier alpha value is -2.69. The van der Waals surface area contributed by atoms with Crippen molar-refractivity contribution in [3.8, 4) is 0 Å². The van der Waals surface area contributed by atoms with Crippen LogP contribution < -0.4 is 5.32 Å². The Kier molecular flexibility index (Phi) is 10.9. The van der Waals surface area contributed by atoms with Crippen LogP contribution in [0.15, 0.2) is 24.3 Å². The summed E-state index contributed by atoms with van der Waals surface area (Å²) in [7, 11) is 0. The van der Waals surface area contributed by atoms with Crippen LogP contribution in [-0.4, -0.2) is 78.1 Å². The minimum Gasteiger partial charge on any atom is -0.475 e. The molecule has 0 spiro atoms. The monoisotopic (exact) mass is 449 g/mol. The lowest BCUT2D eigenvalue weighted by molar-refractivity contribution is -0.192. The first-order valence-corrected chi connectivity index (χ1v) is 9.89. The third kappa shape index (κ3) is 9.77. The van der Waals surface area contributed by atoms with E-state index < -0.39 is 12.1 Å². The van der Waals surface area contributed by atoms with E-state index in [1.54, 1.807) is 4.90 Å². The maximum Gasteiger partial charge on any atom is 0.490 e. The third-order valence-corrected chi connectivity index (χ3v) is 4.47. The molecule has 2 N–H and O–H groups in total. The zero-order chi connectivity index (χ0) is 23.4. The van der Waals surface area contributed by atoms with Crippen molar-refractivity contribution < 1.29 is 37.1 Å².